The monoisotopic (exact) mass is 297 g/mol. The van der Waals surface area contributed by atoms with Crippen molar-refractivity contribution >= 4 is 21.5 Å². The fourth-order valence-electron chi connectivity index (χ4n) is 2.51. The Morgan fingerprint density at radius 3 is 2.45 bits per heavy atom. The molecule has 6 heteroatoms. The molecule has 0 N–H and O–H groups in total. The second kappa shape index (κ2) is 5.83. The summed E-state index contributed by atoms with van der Waals surface area (Å²) in [6.07, 6.45) is 3.96. The van der Waals surface area contributed by atoms with Gasteiger partial charge in [-0.3, -0.25) is 0 Å². The Morgan fingerprint density at radius 2 is 1.90 bits per heavy atom. The topological polar surface area (TPSA) is 63.7 Å². The summed E-state index contributed by atoms with van der Waals surface area (Å²) in [5, 5.41) is 0. The van der Waals surface area contributed by atoms with E-state index in [1.165, 1.54) is 13.4 Å². The van der Waals surface area contributed by atoms with Crippen LogP contribution >= 0.6 is 0 Å². The van der Waals surface area contributed by atoms with Crippen molar-refractivity contribution in [2.75, 3.05) is 24.8 Å². The molecule has 0 bridgehead atoms. The molecule has 0 saturated carbocycles. The quantitative estimate of drug-likeness (QED) is 0.793. The number of nitrogens with zero attached hydrogens (tertiary/aromatic N) is 1. The van der Waals surface area contributed by atoms with Crippen LogP contribution < -0.4 is 4.90 Å². The van der Waals surface area contributed by atoms with Gasteiger partial charge >= 0.3 is 5.97 Å². The standard InChI is InChI=1S/C14H19NO4S/c1-19-14(16)13-5-3-4-10-15(13)11-6-8-12(9-7-11)20(2,17)18/h6-9,13H,3-5,10H2,1-2H3. The molecule has 20 heavy (non-hydrogen) atoms. The van der Waals surface area contributed by atoms with E-state index in [0.29, 0.717) is 0 Å². The van der Waals surface area contributed by atoms with Crippen molar-refractivity contribution in [3.63, 3.8) is 0 Å². The molecular formula is C14H19NO4S. The summed E-state index contributed by atoms with van der Waals surface area (Å²) in [4.78, 5) is 14.1. The summed E-state index contributed by atoms with van der Waals surface area (Å²) in [7, 11) is -1.80. The Kier molecular flexibility index (Phi) is 4.32. The molecule has 1 atom stereocenters. The third kappa shape index (κ3) is 3.12. The minimum absolute atomic E-state index is 0.239. The first kappa shape index (κ1) is 14.8. The number of carbonyl (C=O) groups excluding carboxylic acids is 1. The first-order valence-corrected chi connectivity index (χ1v) is 8.47. The number of methoxy groups -OCH3 is 1. The third-order valence-electron chi connectivity index (χ3n) is 3.57. The molecule has 1 aliphatic rings. The third-order valence-corrected chi connectivity index (χ3v) is 4.70. The second-order valence-electron chi connectivity index (χ2n) is 4.99. The van der Waals surface area contributed by atoms with Crippen molar-refractivity contribution in [1.29, 1.82) is 0 Å². The van der Waals surface area contributed by atoms with E-state index in [1.54, 1.807) is 24.3 Å². The van der Waals surface area contributed by atoms with Crippen LogP contribution in [0.5, 0.6) is 0 Å². The summed E-state index contributed by atoms with van der Waals surface area (Å²) >= 11 is 0. The molecule has 0 spiro atoms. The lowest BCUT2D eigenvalue weighted by Gasteiger charge is -2.35. The molecule has 0 aromatic heterocycles. The second-order valence-corrected chi connectivity index (χ2v) is 7.01. The van der Waals surface area contributed by atoms with Gasteiger partial charge in [-0.05, 0) is 43.5 Å². The lowest BCUT2D eigenvalue weighted by Crippen LogP contribution is -2.45. The SMILES string of the molecule is COC(=O)C1CCCCN1c1ccc(S(C)(=O)=O)cc1. The molecule has 1 aromatic rings. The van der Waals surface area contributed by atoms with E-state index < -0.39 is 9.84 Å². The number of piperidine rings is 1. The predicted molar refractivity (Wildman–Crippen MR) is 76.6 cm³/mol. The highest BCUT2D eigenvalue weighted by atomic mass is 32.2. The smallest absolute Gasteiger partial charge is 0.328 e. The molecule has 1 aromatic carbocycles. The highest BCUT2D eigenvalue weighted by molar-refractivity contribution is 7.90. The van der Waals surface area contributed by atoms with E-state index in [1.807, 2.05) is 4.90 Å². The molecule has 0 amide bonds. The number of ether oxygens (including phenoxy) is 1. The molecule has 1 unspecified atom stereocenters. The maximum atomic E-state index is 11.8. The minimum Gasteiger partial charge on any atom is -0.467 e. The largest absolute Gasteiger partial charge is 0.467 e. The van der Waals surface area contributed by atoms with Gasteiger partial charge in [-0.2, -0.15) is 0 Å². The Morgan fingerprint density at radius 1 is 1.25 bits per heavy atom. The van der Waals surface area contributed by atoms with Crippen molar-refractivity contribution in [2.24, 2.45) is 0 Å². The first-order chi connectivity index (χ1) is 9.43. The molecule has 2 rings (SSSR count). The van der Waals surface area contributed by atoms with E-state index in [-0.39, 0.29) is 16.9 Å². The van der Waals surface area contributed by atoms with Gasteiger partial charge in [-0.1, -0.05) is 0 Å². The predicted octanol–water partition coefficient (Wildman–Crippen LogP) is 1.62. The number of benzene rings is 1. The van der Waals surface area contributed by atoms with Gasteiger partial charge in [0.1, 0.15) is 6.04 Å². The van der Waals surface area contributed by atoms with E-state index in [9.17, 15) is 13.2 Å². The normalized spacial score (nSPS) is 19.7. The van der Waals surface area contributed by atoms with E-state index in [0.717, 1.165) is 31.5 Å². The van der Waals surface area contributed by atoms with E-state index >= 15 is 0 Å². The van der Waals surface area contributed by atoms with Crippen LogP contribution in [0.25, 0.3) is 0 Å². The summed E-state index contributed by atoms with van der Waals surface area (Å²) in [6, 6.07) is 6.37. The van der Waals surface area contributed by atoms with Crippen LogP contribution in [0, 0.1) is 0 Å². The Balaban J connectivity index is 2.26. The minimum atomic E-state index is -3.19. The van der Waals surface area contributed by atoms with Gasteiger partial charge in [-0.25, -0.2) is 13.2 Å². The van der Waals surface area contributed by atoms with Crippen LogP contribution in [-0.2, 0) is 19.4 Å². The number of carbonyl (C=O) groups is 1. The zero-order chi connectivity index (χ0) is 14.8. The van der Waals surface area contributed by atoms with Crippen LogP contribution in [0.15, 0.2) is 29.2 Å². The number of hydrogen-bond acceptors (Lipinski definition) is 5. The van der Waals surface area contributed by atoms with Crippen molar-refractivity contribution in [3.8, 4) is 0 Å². The molecule has 110 valence electrons. The number of anilines is 1. The fraction of sp³-hybridized carbons (Fsp3) is 0.500. The number of hydrogen-bond donors (Lipinski definition) is 0. The number of esters is 1. The Hall–Kier alpha value is -1.56. The summed E-state index contributed by atoms with van der Waals surface area (Å²) in [5.74, 6) is -0.239. The summed E-state index contributed by atoms with van der Waals surface area (Å²) in [6.45, 7) is 0.776. The van der Waals surface area contributed by atoms with Gasteiger partial charge in [0.25, 0.3) is 0 Å². The van der Waals surface area contributed by atoms with Crippen molar-refractivity contribution < 1.29 is 17.9 Å². The van der Waals surface area contributed by atoms with Crippen LogP contribution in [-0.4, -0.2) is 40.3 Å². The fourth-order valence-corrected chi connectivity index (χ4v) is 3.14. The maximum Gasteiger partial charge on any atom is 0.328 e. The van der Waals surface area contributed by atoms with E-state index in [2.05, 4.69) is 0 Å². The lowest BCUT2D eigenvalue weighted by atomic mass is 10.0. The molecule has 0 aliphatic carbocycles. The molecule has 1 fully saturated rings. The van der Waals surface area contributed by atoms with Crippen LogP contribution in [0.3, 0.4) is 0 Å². The highest BCUT2D eigenvalue weighted by Crippen LogP contribution is 2.26. The van der Waals surface area contributed by atoms with E-state index in [4.69, 9.17) is 4.74 Å². The molecule has 5 nitrogen and oxygen atoms in total. The zero-order valence-electron chi connectivity index (χ0n) is 11.7. The number of sulfone groups is 1. The average Bonchev–Trinajstić information content (AvgIpc) is 2.45. The van der Waals surface area contributed by atoms with Crippen LogP contribution in [0.4, 0.5) is 5.69 Å². The Bertz CT molecular complexity index is 580. The summed E-state index contributed by atoms with van der Waals surface area (Å²) < 4.78 is 27.7. The first-order valence-electron chi connectivity index (χ1n) is 6.58. The van der Waals surface area contributed by atoms with Gasteiger partial charge < -0.3 is 9.64 Å². The molecule has 0 radical (unpaired) electrons. The van der Waals surface area contributed by atoms with Crippen molar-refractivity contribution in [1.82, 2.24) is 0 Å². The summed E-state index contributed by atoms with van der Waals surface area (Å²) in [5.41, 5.74) is 0.854. The average molecular weight is 297 g/mol. The molecule has 1 saturated heterocycles. The zero-order valence-corrected chi connectivity index (χ0v) is 12.5. The molecule has 1 aliphatic heterocycles. The molecular weight excluding hydrogens is 278 g/mol. The highest BCUT2D eigenvalue weighted by Gasteiger charge is 2.29. The van der Waals surface area contributed by atoms with Crippen LogP contribution in [0.1, 0.15) is 19.3 Å². The molecule has 1 heterocycles. The van der Waals surface area contributed by atoms with Gasteiger partial charge in [-0.15, -0.1) is 0 Å². The maximum absolute atomic E-state index is 11.8. The van der Waals surface area contributed by atoms with Gasteiger partial charge in [0, 0.05) is 18.5 Å². The van der Waals surface area contributed by atoms with Crippen molar-refractivity contribution in [2.45, 2.75) is 30.2 Å². The Labute approximate surface area is 119 Å². The van der Waals surface area contributed by atoms with Gasteiger partial charge in [0.05, 0.1) is 12.0 Å². The number of rotatable bonds is 3. The van der Waals surface area contributed by atoms with Gasteiger partial charge in [0.15, 0.2) is 9.84 Å². The van der Waals surface area contributed by atoms with Crippen LogP contribution in [0.2, 0.25) is 0 Å². The lowest BCUT2D eigenvalue weighted by molar-refractivity contribution is -0.142. The van der Waals surface area contributed by atoms with Gasteiger partial charge in [0.2, 0.25) is 0 Å². The van der Waals surface area contributed by atoms with Crippen molar-refractivity contribution in [3.05, 3.63) is 24.3 Å².